The number of hydrogen-bond donors (Lipinski definition) is 0. The van der Waals surface area contributed by atoms with Gasteiger partial charge in [-0.15, -0.1) is 18.5 Å². The average molecular weight is 372 g/mol. The van der Waals surface area contributed by atoms with Gasteiger partial charge >= 0.3 is 0 Å². The Morgan fingerprint density at radius 1 is 0.720 bits per heavy atom. The van der Waals surface area contributed by atoms with Gasteiger partial charge in [0.05, 0.1) is 0 Å². The third kappa shape index (κ3) is 11.7. The number of allylic oxidation sites excluding steroid dienone is 3. The smallest absolute Gasteiger partial charge is 0.0190 e. The molecule has 0 saturated carbocycles. The molecule has 0 aromatic heterocycles. The molecule has 2 heteroatoms. The van der Waals surface area contributed by atoms with E-state index in [1.54, 1.807) is 6.08 Å². The van der Waals surface area contributed by atoms with E-state index in [0.29, 0.717) is 0 Å². The molecule has 2 aromatic carbocycles. The van der Waals surface area contributed by atoms with Crippen LogP contribution in [0.2, 0.25) is 0 Å². The van der Waals surface area contributed by atoms with Crippen LogP contribution < -0.4 is 10.6 Å². The first kappa shape index (κ1) is 25.8. The molecule has 0 N–H and O–H groups in total. The quantitative estimate of drug-likeness (QED) is 0.417. The van der Waals surface area contributed by atoms with Crippen LogP contribution >= 0.6 is 18.5 Å². The second-order valence-electron chi connectivity index (χ2n) is 4.75. The van der Waals surface area contributed by atoms with E-state index in [9.17, 15) is 0 Å². The topological polar surface area (TPSA) is 0 Å². The first-order valence-electron chi connectivity index (χ1n) is 8.62. The Kier molecular flexibility index (Phi) is 16.5. The third-order valence-corrected chi connectivity index (χ3v) is 3.70. The number of hydrogen-bond acceptors (Lipinski definition) is 0. The van der Waals surface area contributed by atoms with Crippen LogP contribution in [-0.2, 0) is 0 Å². The van der Waals surface area contributed by atoms with E-state index >= 15 is 0 Å². The van der Waals surface area contributed by atoms with Gasteiger partial charge in [-0.1, -0.05) is 108 Å². The lowest BCUT2D eigenvalue weighted by atomic mass is 10.1. The molecule has 0 amide bonds. The van der Waals surface area contributed by atoms with Gasteiger partial charge in [0.15, 0.2) is 0 Å². The van der Waals surface area contributed by atoms with E-state index in [4.69, 9.17) is 0 Å². The van der Waals surface area contributed by atoms with E-state index in [2.05, 4.69) is 62.5 Å². The minimum atomic E-state index is 0.968. The molecule has 0 aliphatic carbocycles. The van der Waals surface area contributed by atoms with Crippen molar-refractivity contribution in [2.24, 2.45) is 0 Å². The molecule has 2 atom stereocenters. The maximum absolute atomic E-state index is 3.85. The van der Waals surface area contributed by atoms with E-state index in [0.717, 1.165) is 16.7 Å². The van der Waals surface area contributed by atoms with Crippen LogP contribution in [0.3, 0.4) is 0 Å². The fourth-order valence-corrected chi connectivity index (χ4v) is 1.97. The lowest BCUT2D eigenvalue weighted by Gasteiger charge is -1.99. The maximum Gasteiger partial charge on any atom is -0.0190 e. The number of benzene rings is 2. The lowest BCUT2D eigenvalue weighted by molar-refractivity contribution is 1.50. The molecule has 0 heterocycles. The van der Waals surface area contributed by atoms with E-state index < -0.39 is 0 Å². The highest BCUT2D eigenvalue weighted by Crippen LogP contribution is 2.11. The summed E-state index contributed by atoms with van der Waals surface area (Å²) in [4.78, 5) is 0. The first-order valence-corrected chi connectivity index (χ1v) is 9.78. The standard InChI is InChI=1S/C10H11P.C9H11P.2C2H6/c1-3-8(2)9-4-6-10(11)7-5-9;1-7(2)8-3-5-9(10)6-4-8;2*1-2/h3-7H,1-2,11H2;3-6H,1,10H2,2H3;2*1-2H3. The Bertz CT molecular complexity index is 620. The van der Waals surface area contributed by atoms with Crippen molar-refractivity contribution in [2.75, 3.05) is 0 Å². The van der Waals surface area contributed by atoms with Gasteiger partial charge in [0.25, 0.3) is 0 Å². The molecule has 0 fully saturated rings. The van der Waals surface area contributed by atoms with Crippen molar-refractivity contribution < 1.29 is 0 Å². The fraction of sp³-hybridized carbons (Fsp3) is 0.217. The zero-order chi connectivity index (χ0) is 19.8. The summed E-state index contributed by atoms with van der Waals surface area (Å²) in [6, 6.07) is 16.4. The molecular formula is C23H34P2. The highest BCUT2D eigenvalue weighted by atomic mass is 31.0. The van der Waals surface area contributed by atoms with Crippen LogP contribution in [0.25, 0.3) is 11.1 Å². The van der Waals surface area contributed by atoms with Crippen molar-refractivity contribution in [2.45, 2.75) is 34.6 Å². The van der Waals surface area contributed by atoms with Crippen LogP contribution in [0.1, 0.15) is 45.7 Å². The Morgan fingerprint density at radius 2 is 1.04 bits per heavy atom. The molecular weight excluding hydrogens is 338 g/mol. The normalized spacial score (nSPS) is 8.28. The Labute approximate surface area is 160 Å². The molecule has 0 aliphatic rings. The Morgan fingerprint density at radius 3 is 1.32 bits per heavy atom. The molecule has 0 bridgehead atoms. The first-order chi connectivity index (χ1) is 11.9. The molecule has 0 aliphatic heterocycles. The van der Waals surface area contributed by atoms with Crippen LogP contribution in [0.15, 0.2) is 74.3 Å². The fourth-order valence-electron chi connectivity index (χ4n) is 1.58. The summed E-state index contributed by atoms with van der Waals surface area (Å²) in [5.74, 6) is 0. The van der Waals surface area contributed by atoms with Crippen LogP contribution in [0.5, 0.6) is 0 Å². The minimum absolute atomic E-state index is 0.968. The minimum Gasteiger partial charge on any atom is -0.106 e. The van der Waals surface area contributed by atoms with Gasteiger partial charge in [-0.3, -0.25) is 0 Å². The molecule has 2 unspecified atom stereocenters. The van der Waals surface area contributed by atoms with Crippen LogP contribution in [0, 0.1) is 0 Å². The molecule has 0 nitrogen and oxygen atoms in total. The largest absolute Gasteiger partial charge is 0.106 e. The van der Waals surface area contributed by atoms with E-state index in [1.165, 1.54) is 16.2 Å². The van der Waals surface area contributed by atoms with Gasteiger partial charge in [-0.2, -0.15) is 0 Å². The van der Waals surface area contributed by atoms with Crippen LogP contribution in [-0.4, -0.2) is 0 Å². The zero-order valence-electron chi connectivity index (χ0n) is 16.5. The van der Waals surface area contributed by atoms with Crippen molar-refractivity contribution in [3.05, 3.63) is 85.5 Å². The molecule has 0 saturated heterocycles. The SMILES string of the molecule is C=C(C)c1ccc(P)cc1.C=CC(=C)c1ccc(P)cc1.CC.CC. The second-order valence-corrected chi connectivity index (χ2v) is 6.09. The Balaban J connectivity index is 0. The van der Waals surface area contributed by atoms with Crippen molar-refractivity contribution in [3.8, 4) is 0 Å². The summed E-state index contributed by atoms with van der Waals surface area (Å²) in [7, 11) is 5.30. The predicted octanol–water partition coefficient (Wildman–Crippen LogP) is 6.66. The summed E-state index contributed by atoms with van der Waals surface area (Å²) in [6.45, 7) is 21.4. The second kappa shape index (κ2) is 16.0. The summed E-state index contributed by atoms with van der Waals surface area (Å²) in [6.07, 6.45) is 1.76. The van der Waals surface area contributed by atoms with Crippen molar-refractivity contribution >= 4 is 40.2 Å². The summed E-state index contributed by atoms with van der Waals surface area (Å²) in [5, 5.41) is 2.40. The van der Waals surface area contributed by atoms with E-state index in [-0.39, 0.29) is 0 Å². The van der Waals surface area contributed by atoms with Crippen molar-refractivity contribution in [3.63, 3.8) is 0 Å². The molecule has 136 valence electrons. The summed E-state index contributed by atoms with van der Waals surface area (Å²) in [5.41, 5.74) is 4.43. The summed E-state index contributed by atoms with van der Waals surface area (Å²) >= 11 is 0. The van der Waals surface area contributed by atoms with Crippen molar-refractivity contribution in [1.82, 2.24) is 0 Å². The van der Waals surface area contributed by atoms with Gasteiger partial charge in [0.2, 0.25) is 0 Å². The predicted molar refractivity (Wildman–Crippen MR) is 128 cm³/mol. The van der Waals surface area contributed by atoms with Gasteiger partial charge < -0.3 is 0 Å². The number of rotatable bonds is 3. The van der Waals surface area contributed by atoms with Crippen molar-refractivity contribution in [1.29, 1.82) is 0 Å². The monoisotopic (exact) mass is 372 g/mol. The highest BCUT2D eigenvalue weighted by Gasteiger charge is 1.92. The highest BCUT2D eigenvalue weighted by molar-refractivity contribution is 7.27. The molecule has 0 radical (unpaired) electrons. The van der Waals surface area contributed by atoms with Crippen LogP contribution in [0.4, 0.5) is 0 Å². The van der Waals surface area contributed by atoms with Gasteiger partial charge in [-0.25, -0.2) is 0 Å². The zero-order valence-corrected chi connectivity index (χ0v) is 18.8. The van der Waals surface area contributed by atoms with Gasteiger partial charge in [0.1, 0.15) is 0 Å². The summed E-state index contributed by atoms with van der Waals surface area (Å²) < 4.78 is 0. The maximum atomic E-state index is 3.85. The molecule has 0 spiro atoms. The molecule has 2 rings (SSSR count). The molecule has 2 aromatic rings. The Hall–Kier alpha value is -1.48. The van der Waals surface area contributed by atoms with Gasteiger partial charge in [-0.05, 0) is 34.2 Å². The third-order valence-electron chi connectivity index (χ3n) is 2.93. The average Bonchev–Trinajstić information content (AvgIpc) is 2.66. The lowest BCUT2D eigenvalue weighted by Crippen LogP contribution is -1.88. The van der Waals surface area contributed by atoms with Gasteiger partial charge in [0, 0.05) is 0 Å². The van der Waals surface area contributed by atoms with E-state index in [1.807, 2.05) is 58.9 Å². The molecule has 25 heavy (non-hydrogen) atoms.